The number of carbonyl (C=O) groups excluding carboxylic acids is 5. The van der Waals surface area contributed by atoms with Gasteiger partial charge in [0, 0.05) is 115 Å². The topological polar surface area (TPSA) is 172 Å². The van der Waals surface area contributed by atoms with Crippen LogP contribution in [0, 0.1) is 16.7 Å². The summed E-state index contributed by atoms with van der Waals surface area (Å²) in [6.45, 7) is 19.3. The van der Waals surface area contributed by atoms with Crippen molar-refractivity contribution in [3.8, 4) is 22.5 Å². The average Bonchev–Trinajstić information content (AvgIpc) is 3.92. The van der Waals surface area contributed by atoms with Crippen molar-refractivity contribution in [2.75, 3.05) is 53.5 Å². The predicted octanol–water partition coefficient (Wildman–Crippen LogP) is 5.08. The number of rotatable bonds is 9. The summed E-state index contributed by atoms with van der Waals surface area (Å²) in [5, 5.41) is 7.17. The van der Waals surface area contributed by atoms with Crippen LogP contribution < -0.4 is 10.7 Å². The van der Waals surface area contributed by atoms with E-state index in [1.165, 1.54) is 27.3 Å². The molecular weight excluding hydrogens is 911 g/mol. The number of fused-ring (bicyclic) bond motifs is 6. The average molecular weight is 980 g/mol. The third-order valence-electron chi connectivity index (χ3n) is 14.8. The molecule has 4 aliphatic rings. The number of piperidine rings is 1. The van der Waals surface area contributed by atoms with Gasteiger partial charge in [0.25, 0.3) is 5.91 Å². The van der Waals surface area contributed by atoms with Gasteiger partial charge in [-0.3, -0.25) is 29.2 Å². The Hall–Kier alpha value is -5.43. The van der Waals surface area contributed by atoms with Crippen molar-refractivity contribution in [2.24, 2.45) is 16.7 Å². The van der Waals surface area contributed by atoms with Crippen molar-refractivity contribution in [2.45, 2.75) is 110 Å². The predicted molar refractivity (Wildman–Crippen MR) is 270 cm³/mol. The van der Waals surface area contributed by atoms with Crippen LogP contribution >= 0.6 is 11.3 Å². The lowest BCUT2D eigenvalue weighted by Crippen LogP contribution is -2.68. The number of aryl methyl sites for hydroxylation is 1. The number of aromatic nitrogens is 3. The molecule has 7 heterocycles. The zero-order valence-corrected chi connectivity index (χ0v) is 44.5. The number of hydrazine groups is 1. The van der Waals surface area contributed by atoms with Crippen molar-refractivity contribution in [1.29, 1.82) is 0 Å². The summed E-state index contributed by atoms with van der Waals surface area (Å²) in [6.07, 6.45) is 6.20. The van der Waals surface area contributed by atoms with E-state index >= 15 is 0 Å². The van der Waals surface area contributed by atoms with Crippen molar-refractivity contribution < 1.29 is 33.4 Å². The second kappa shape index (κ2) is 19.8. The van der Waals surface area contributed by atoms with Crippen LogP contribution in [0.25, 0.3) is 33.4 Å². The molecule has 3 saturated heterocycles. The molecule has 0 radical (unpaired) electrons. The lowest BCUT2D eigenvalue weighted by atomic mass is 9.72. The first kappa shape index (κ1) is 50.0. The number of likely N-dealkylation sites (N-methyl/N-ethyl adjacent to an activating group) is 1. The first-order chi connectivity index (χ1) is 32.8. The van der Waals surface area contributed by atoms with Crippen LogP contribution in [0.2, 0.25) is 0 Å². The van der Waals surface area contributed by atoms with E-state index in [0.717, 1.165) is 57.5 Å². The van der Waals surface area contributed by atoms with E-state index in [1.54, 1.807) is 30.2 Å². The highest BCUT2D eigenvalue weighted by atomic mass is 32.1. The molecule has 4 aromatic rings. The highest BCUT2D eigenvalue weighted by Gasteiger charge is 2.49. The van der Waals surface area contributed by atoms with E-state index in [2.05, 4.69) is 66.9 Å². The Morgan fingerprint density at radius 3 is 2.52 bits per heavy atom. The van der Waals surface area contributed by atoms with Crippen molar-refractivity contribution in [3.63, 3.8) is 0 Å². The number of cyclic esters (lactones) is 1. The number of pyridine rings is 1. The zero-order chi connectivity index (χ0) is 49.6. The summed E-state index contributed by atoms with van der Waals surface area (Å²) in [5.41, 5.74) is 9.41. The minimum Gasteiger partial charge on any atom is -0.464 e. The van der Waals surface area contributed by atoms with Crippen molar-refractivity contribution in [1.82, 2.24) is 45.0 Å². The number of hydrogen-bond donors (Lipinski definition) is 2. The van der Waals surface area contributed by atoms with Gasteiger partial charge in [-0.05, 0) is 87.8 Å². The molecule has 4 aliphatic heterocycles. The monoisotopic (exact) mass is 979 g/mol. The molecule has 8 rings (SSSR count). The Balaban J connectivity index is 1.12. The number of thiazole rings is 1. The van der Waals surface area contributed by atoms with E-state index in [4.69, 9.17) is 19.4 Å². The number of benzene rings is 1. The van der Waals surface area contributed by atoms with Crippen LogP contribution in [0.15, 0.2) is 54.6 Å². The fourth-order valence-electron chi connectivity index (χ4n) is 10.9. The van der Waals surface area contributed by atoms with Gasteiger partial charge in [0.05, 0.1) is 34.8 Å². The smallest absolute Gasteiger partial charge is 0.323 e. The quantitative estimate of drug-likeness (QED) is 0.131. The van der Waals surface area contributed by atoms with E-state index in [-0.39, 0.29) is 42.4 Å². The minimum absolute atomic E-state index is 0.0586. The number of esters is 1. The normalized spacial score (nSPS) is 22.4. The molecule has 1 aromatic carbocycles. The highest BCUT2D eigenvalue weighted by molar-refractivity contribution is 7.10. The molecule has 0 unspecified atom stereocenters. The van der Waals surface area contributed by atoms with E-state index < -0.39 is 40.4 Å². The second-order valence-electron chi connectivity index (χ2n) is 20.9. The van der Waals surface area contributed by atoms with Crippen LogP contribution in [0.1, 0.15) is 89.6 Å². The first-order valence-electron chi connectivity index (χ1n) is 24.4. The second-order valence-corrected chi connectivity index (χ2v) is 23.6. The van der Waals surface area contributed by atoms with Gasteiger partial charge in [-0.15, -0.1) is 11.3 Å². The molecule has 16 nitrogen and oxygen atoms in total. The van der Waals surface area contributed by atoms with E-state index in [9.17, 15) is 24.0 Å². The van der Waals surface area contributed by atoms with Crippen LogP contribution in [0.3, 0.4) is 0 Å². The molecular formula is C51H69N9O7SSi. The number of urea groups is 1. The molecule has 0 aliphatic carbocycles. The molecule has 0 saturated carbocycles. The van der Waals surface area contributed by atoms with Gasteiger partial charge in [0.2, 0.25) is 11.8 Å². The maximum absolute atomic E-state index is 14.8. The molecule has 1 spiro atoms. The van der Waals surface area contributed by atoms with Gasteiger partial charge in [0.15, 0.2) is 0 Å². The number of carbonyl (C=O) groups is 5. The first-order valence-corrected chi connectivity index (χ1v) is 26.3. The zero-order valence-electron chi connectivity index (χ0n) is 41.7. The number of amides is 5. The number of nitrogens with zero attached hydrogens (tertiary/aromatic N) is 7. The van der Waals surface area contributed by atoms with Crippen LogP contribution in [0.5, 0.6) is 0 Å². The molecule has 3 fully saturated rings. The number of methoxy groups -OCH3 is 1. The fourth-order valence-corrected chi connectivity index (χ4v) is 12.5. The lowest BCUT2D eigenvalue weighted by Gasteiger charge is -2.54. The molecule has 370 valence electrons. The van der Waals surface area contributed by atoms with Gasteiger partial charge in [-0.2, -0.15) is 0 Å². The van der Waals surface area contributed by atoms with Crippen molar-refractivity contribution >= 4 is 62.2 Å². The van der Waals surface area contributed by atoms with Crippen LogP contribution in [-0.4, -0.2) is 145 Å². The molecule has 6 bridgehead atoms. The SMILES string of the molecule is C=CC(=O)N1CCC2(CC1)CN(C(=O)N(C)[C@H](C(=O)N[C@H]1Cc3nc(cs3)-c3ccc4c(c3)c(c(-c3cccnc3[C@H](C)OC)n4CC)CC(C)(C)COC(=O)[C@@]3([SiH3])CCCN(N3)C1=O)C(C)C)C2. The summed E-state index contributed by atoms with van der Waals surface area (Å²) in [5.74, 6) is -1.62. The Morgan fingerprint density at radius 2 is 1.84 bits per heavy atom. The third-order valence-corrected chi connectivity index (χ3v) is 16.8. The Kier molecular flexibility index (Phi) is 14.3. The summed E-state index contributed by atoms with van der Waals surface area (Å²) >= 11 is 1.42. The Labute approximate surface area is 412 Å². The lowest BCUT2D eigenvalue weighted by molar-refractivity contribution is -0.158. The molecule has 2 N–H and O–H groups in total. The van der Waals surface area contributed by atoms with Gasteiger partial charge in [-0.1, -0.05) is 40.3 Å². The minimum atomic E-state index is -1.09. The summed E-state index contributed by atoms with van der Waals surface area (Å²) < 4.78 is 14.4. The molecule has 5 amide bonds. The molecule has 69 heavy (non-hydrogen) atoms. The van der Waals surface area contributed by atoms with Gasteiger partial charge >= 0.3 is 12.0 Å². The maximum Gasteiger partial charge on any atom is 0.323 e. The maximum atomic E-state index is 14.8. The Morgan fingerprint density at radius 1 is 1.10 bits per heavy atom. The molecule has 18 heteroatoms. The van der Waals surface area contributed by atoms with Gasteiger partial charge in [0.1, 0.15) is 17.2 Å². The van der Waals surface area contributed by atoms with E-state index in [1.807, 2.05) is 32.2 Å². The molecule has 3 aromatic heterocycles. The van der Waals surface area contributed by atoms with Crippen LogP contribution in [-0.2, 0) is 48.0 Å². The van der Waals surface area contributed by atoms with Crippen molar-refractivity contribution in [3.05, 3.63) is 70.8 Å². The summed E-state index contributed by atoms with van der Waals surface area (Å²) in [7, 11) is 3.69. The van der Waals surface area contributed by atoms with E-state index in [0.29, 0.717) is 73.8 Å². The van der Waals surface area contributed by atoms with Gasteiger partial charge in [-0.25, -0.2) is 15.2 Å². The Bertz CT molecular complexity index is 2630. The highest BCUT2D eigenvalue weighted by Crippen LogP contribution is 2.43. The standard InChI is InChI=1S/C51H69N9O7SSi/c1-10-41(61)57-22-18-50(19-23-57)28-58(29-50)48(65)56(8)43(31(3)4)45(62)54-37-25-40-53-38(27-68-40)33-15-16-39-35(24-33)36(44(59(39)11-2)34-14-12-20-52-42(34)32(5)66-9)26-49(6,7)30-67-47(64)51(69)17-13-21-60(55-51)46(37)63/h10,12,14-16,20,24,27,31-32,37,43,55H,1,11,13,17-19,21-23,25-26,28-30H2,2-9,69H3,(H,54,62)/t32-,37-,43-,51-/m0/s1. The van der Waals surface area contributed by atoms with Crippen LogP contribution in [0.4, 0.5) is 4.79 Å². The third kappa shape index (κ3) is 9.86. The fraction of sp³-hybridized carbons (Fsp3) is 0.549. The molecule has 4 atom stereocenters. The number of hydrogen-bond acceptors (Lipinski definition) is 11. The number of likely N-dealkylation sites (tertiary alicyclic amines) is 2. The summed E-state index contributed by atoms with van der Waals surface area (Å²) in [4.78, 5) is 85.0. The number of ether oxygens (including phenoxy) is 2. The van der Waals surface area contributed by atoms with Gasteiger partial charge < -0.3 is 34.1 Å². The summed E-state index contributed by atoms with van der Waals surface area (Å²) in [6, 6.07) is 8.24. The largest absolute Gasteiger partial charge is 0.464 e. The number of nitrogens with one attached hydrogen (secondary N) is 2.